The fraction of sp³-hybridized carbons (Fsp3) is 0.417. The van der Waals surface area contributed by atoms with E-state index in [2.05, 4.69) is 10.3 Å². The van der Waals surface area contributed by atoms with E-state index in [0.717, 1.165) is 0 Å². The summed E-state index contributed by atoms with van der Waals surface area (Å²) in [5.41, 5.74) is 0.466. The molecule has 0 aliphatic rings. The van der Waals surface area contributed by atoms with Crippen LogP contribution in [0.2, 0.25) is 0 Å². The maximum absolute atomic E-state index is 11.8. The van der Waals surface area contributed by atoms with Gasteiger partial charge >= 0.3 is 0 Å². The summed E-state index contributed by atoms with van der Waals surface area (Å²) in [6.07, 6.45) is 2.29. The van der Waals surface area contributed by atoms with Crippen molar-refractivity contribution in [3.63, 3.8) is 0 Å². The first-order valence-corrected chi connectivity index (χ1v) is 5.45. The zero-order valence-corrected chi connectivity index (χ0v) is 9.91. The fourth-order valence-corrected chi connectivity index (χ4v) is 1.42. The molecular formula is C12H15N3O2. The van der Waals surface area contributed by atoms with Crippen LogP contribution in [0, 0.1) is 18.3 Å². The summed E-state index contributed by atoms with van der Waals surface area (Å²) in [4.78, 5) is 26.2. The highest BCUT2D eigenvalue weighted by Gasteiger charge is 2.14. The van der Waals surface area contributed by atoms with Gasteiger partial charge in [0.15, 0.2) is 5.43 Å². The number of aryl methyl sites for hydroxylation is 1. The van der Waals surface area contributed by atoms with Crippen molar-refractivity contribution in [2.45, 2.75) is 32.7 Å². The van der Waals surface area contributed by atoms with Crippen molar-refractivity contribution >= 4 is 5.91 Å². The van der Waals surface area contributed by atoms with E-state index in [0.29, 0.717) is 12.1 Å². The van der Waals surface area contributed by atoms with Gasteiger partial charge in [-0.1, -0.05) is 6.92 Å². The molecule has 1 aromatic heterocycles. The van der Waals surface area contributed by atoms with Crippen LogP contribution in [0.25, 0.3) is 0 Å². The van der Waals surface area contributed by atoms with Crippen LogP contribution in [0.4, 0.5) is 0 Å². The Balaban J connectivity index is 2.83. The van der Waals surface area contributed by atoms with E-state index >= 15 is 0 Å². The lowest BCUT2D eigenvalue weighted by Gasteiger charge is -2.13. The van der Waals surface area contributed by atoms with Gasteiger partial charge in [-0.3, -0.25) is 9.59 Å². The minimum Gasteiger partial charge on any atom is -0.364 e. The number of nitrogens with zero attached hydrogens (tertiary/aromatic N) is 1. The SMILES string of the molecule is CCC(CC#N)NC(=O)c1c[nH]c(C)cc1=O. The molecule has 0 saturated heterocycles. The van der Waals surface area contributed by atoms with Gasteiger partial charge in [-0.05, 0) is 13.3 Å². The molecule has 5 heteroatoms. The van der Waals surface area contributed by atoms with Crippen LogP contribution >= 0.6 is 0 Å². The lowest BCUT2D eigenvalue weighted by atomic mass is 10.1. The summed E-state index contributed by atoms with van der Waals surface area (Å²) in [7, 11) is 0. The molecule has 0 aliphatic heterocycles. The van der Waals surface area contributed by atoms with Gasteiger partial charge in [0, 0.05) is 24.0 Å². The van der Waals surface area contributed by atoms with Crippen LogP contribution in [0.5, 0.6) is 0 Å². The highest BCUT2D eigenvalue weighted by Crippen LogP contribution is 1.99. The summed E-state index contributed by atoms with van der Waals surface area (Å²) in [6.45, 7) is 3.62. The van der Waals surface area contributed by atoms with Crippen LogP contribution in [0.15, 0.2) is 17.1 Å². The molecule has 1 rings (SSSR count). The summed E-state index contributed by atoms with van der Waals surface area (Å²) >= 11 is 0. The number of hydrogen-bond donors (Lipinski definition) is 2. The first kappa shape index (κ1) is 13.0. The largest absolute Gasteiger partial charge is 0.364 e. The van der Waals surface area contributed by atoms with E-state index in [1.165, 1.54) is 12.3 Å². The fourth-order valence-electron chi connectivity index (χ4n) is 1.42. The third kappa shape index (κ3) is 3.45. The number of carbonyl (C=O) groups is 1. The molecule has 17 heavy (non-hydrogen) atoms. The summed E-state index contributed by atoms with van der Waals surface area (Å²) in [5.74, 6) is -0.437. The van der Waals surface area contributed by atoms with Crippen LogP contribution in [-0.4, -0.2) is 16.9 Å². The third-order valence-corrected chi connectivity index (χ3v) is 2.47. The van der Waals surface area contributed by atoms with Crippen molar-refractivity contribution in [2.24, 2.45) is 0 Å². The Labute approximate surface area is 99.5 Å². The molecule has 1 atom stereocenters. The molecule has 90 valence electrons. The molecule has 0 saturated carbocycles. The minimum atomic E-state index is -0.437. The van der Waals surface area contributed by atoms with Gasteiger partial charge in [-0.2, -0.15) is 5.26 Å². The number of hydrogen-bond acceptors (Lipinski definition) is 3. The van der Waals surface area contributed by atoms with E-state index in [4.69, 9.17) is 5.26 Å². The first-order valence-electron chi connectivity index (χ1n) is 5.45. The Morgan fingerprint density at radius 1 is 1.65 bits per heavy atom. The first-order chi connectivity index (χ1) is 8.08. The van der Waals surface area contributed by atoms with Gasteiger partial charge in [0.25, 0.3) is 5.91 Å². The van der Waals surface area contributed by atoms with Crippen molar-refractivity contribution in [3.05, 3.63) is 33.7 Å². The molecule has 1 amide bonds. The molecule has 0 aromatic carbocycles. The number of aromatic nitrogens is 1. The molecule has 0 radical (unpaired) electrons. The average Bonchev–Trinajstić information content (AvgIpc) is 2.28. The van der Waals surface area contributed by atoms with Crippen LogP contribution < -0.4 is 10.7 Å². The van der Waals surface area contributed by atoms with Gasteiger partial charge < -0.3 is 10.3 Å². The number of rotatable bonds is 4. The van der Waals surface area contributed by atoms with E-state index < -0.39 is 5.91 Å². The minimum absolute atomic E-state index is 0.0759. The van der Waals surface area contributed by atoms with Crippen molar-refractivity contribution < 1.29 is 4.79 Å². The van der Waals surface area contributed by atoms with Gasteiger partial charge in [0.2, 0.25) is 0 Å². The topological polar surface area (TPSA) is 85.8 Å². The van der Waals surface area contributed by atoms with E-state index in [9.17, 15) is 9.59 Å². The zero-order chi connectivity index (χ0) is 12.8. The molecule has 5 nitrogen and oxygen atoms in total. The van der Waals surface area contributed by atoms with E-state index in [1.807, 2.05) is 13.0 Å². The molecule has 1 heterocycles. The van der Waals surface area contributed by atoms with Crippen LogP contribution in [0.3, 0.4) is 0 Å². The summed E-state index contributed by atoms with van der Waals surface area (Å²) in [6, 6.07) is 3.16. The van der Waals surface area contributed by atoms with E-state index in [1.54, 1.807) is 6.92 Å². The zero-order valence-electron chi connectivity index (χ0n) is 9.91. The average molecular weight is 233 g/mol. The second kappa shape index (κ2) is 5.85. The van der Waals surface area contributed by atoms with Gasteiger partial charge in [-0.15, -0.1) is 0 Å². The van der Waals surface area contributed by atoms with Gasteiger partial charge in [0.1, 0.15) is 5.56 Å². The Hall–Kier alpha value is -2.09. The van der Waals surface area contributed by atoms with Gasteiger partial charge in [-0.25, -0.2) is 0 Å². The number of carbonyl (C=O) groups excluding carboxylic acids is 1. The number of nitriles is 1. The van der Waals surface area contributed by atoms with Crippen molar-refractivity contribution in [1.82, 2.24) is 10.3 Å². The number of aromatic amines is 1. The molecule has 0 spiro atoms. The molecular weight excluding hydrogens is 218 g/mol. The van der Waals surface area contributed by atoms with Gasteiger partial charge in [0.05, 0.1) is 12.5 Å². The number of nitrogens with one attached hydrogen (secondary N) is 2. The van der Waals surface area contributed by atoms with Crippen molar-refractivity contribution in [3.8, 4) is 6.07 Å². The molecule has 0 bridgehead atoms. The van der Waals surface area contributed by atoms with Crippen LogP contribution in [-0.2, 0) is 0 Å². The second-order valence-electron chi connectivity index (χ2n) is 3.83. The summed E-state index contributed by atoms with van der Waals surface area (Å²) < 4.78 is 0. The predicted octanol–water partition coefficient (Wildman–Crippen LogP) is 1.11. The molecule has 0 fully saturated rings. The highest BCUT2D eigenvalue weighted by atomic mass is 16.2. The standard InChI is InChI=1S/C12H15N3O2/c1-3-9(4-5-13)15-12(17)10-7-14-8(2)6-11(10)16/h6-7,9H,3-4H2,1-2H3,(H,14,16)(H,15,17). The predicted molar refractivity (Wildman–Crippen MR) is 63.6 cm³/mol. The normalized spacial score (nSPS) is 11.6. The lowest BCUT2D eigenvalue weighted by molar-refractivity contribution is 0.0935. The third-order valence-electron chi connectivity index (χ3n) is 2.47. The Kier molecular flexibility index (Phi) is 4.46. The quantitative estimate of drug-likeness (QED) is 0.816. The van der Waals surface area contributed by atoms with Crippen LogP contribution in [0.1, 0.15) is 35.8 Å². The molecule has 1 unspecified atom stereocenters. The monoisotopic (exact) mass is 233 g/mol. The Morgan fingerprint density at radius 2 is 2.35 bits per heavy atom. The second-order valence-corrected chi connectivity index (χ2v) is 3.83. The molecule has 0 aliphatic carbocycles. The number of pyridine rings is 1. The van der Waals surface area contributed by atoms with E-state index in [-0.39, 0.29) is 23.5 Å². The lowest BCUT2D eigenvalue weighted by Crippen LogP contribution is -2.36. The Bertz CT molecular complexity index is 499. The Morgan fingerprint density at radius 3 is 2.88 bits per heavy atom. The highest BCUT2D eigenvalue weighted by molar-refractivity contribution is 5.93. The molecule has 2 N–H and O–H groups in total. The maximum atomic E-state index is 11.8. The maximum Gasteiger partial charge on any atom is 0.256 e. The van der Waals surface area contributed by atoms with Crippen molar-refractivity contribution in [2.75, 3.05) is 0 Å². The smallest absolute Gasteiger partial charge is 0.256 e. The number of H-pyrrole nitrogens is 1. The van der Waals surface area contributed by atoms with Crippen molar-refractivity contribution in [1.29, 1.82) is 5.26 Å². The molecule has 1 aromatic rings. The summed E-state index contributed by atoms with van der Waals surface area (Å²) in [5, 5.41) is 11.2. The number of amides is 1.